The van der Waals surface area contributed by atoms with Gasteiger partial charge in [0.2, 0.25) is 5.82 Å². The number of anilines is 1. The van der Waals surface area contributed by atoms with Crippen molar-refractivity contribution in [1.29, 1.82) is 0 Å². The van der Waals surface area contributed by atoms with Gasteiger partial charge in [-0.25, -0.2) is 4.98 Å². The van der Waals surface area contributed by atoms with Gasteiger partial charge in [0.05, 0.1) is 4.92 Å². The summed E-state index contributed by atoms with van der Waals surface area (Å²) in [6.07, 6.45) is 5.15. The van der Waals surface area contributed by atoms with E-state index in [1.54, 1.807) is 18.6 Å². The predicted molar refractivity (Wildman–Crippen MR) is 85.5 cm³/mol. The van der Waals surface area contributed by atoms with Crippen LogP contribution >= 0.6 is 0 Å². The van der Waals surface area contributed by atoms with Crippen LogP contribution in [-0.2, 0) is 0 Å². The van der Waals surface area contributed by atoms with Gasteiger partial charge in [0.1, 0.15) is 12.2 Å². The SMILES string of the molecule is CC(C)n1cnnc1C1CCN(c2ncccc2[N+](=O)[O-])CC1. The minimum Gasteiger partial charge on any atom is -0.351 e. The number of hydrogen-bond acceptors (Lipinski definition) is 6. The molecule has 0 amide bonds. The number of rotatable bonds is 4. The van der Waals surface area contributed by atoms with E-state index in [4.69, 9.17) is 0 Å². The van der Waals surface area contributed by atoms with E-state index in [1.807, 2.05) is 4.90 Å². The Bertz CT molecular complexity index is 691. The first-order valence-electron chi connectivity index (χ1n) is 7.81. The topological polar surface area (TPSA) is 90.0 Å². The van der Waals surface area contributed by atoms with Gasteiger partial charge in [-0.05, 0) is 32.8 Å². The minimum atomic E-state index is -0.371. The quantitative estimate of drug-likeness (QED) is 0.636. The van der Waals surface area contributed by atoms with Gasteiger partial charge >= 0.3 is 5.69 Å². The lowest BCUT2D eigenvalue weighted by Crippen LogP contribution is -2.34. The molecule has 0 unspecified atom stereocenters. The first kappa shape index (κ1) is 15.4. The zero-order valence-corrected chi connectivity index (χ0v) is 13.3. The monoisotopic (exact) mass is 316 g/mol. The molecule has 0 saturated carbocycles. The maximum absolute atomic E-state index is 11.2. The average molecular weight is 316 g/mol. The number of nitrogens with zero attached hydrogens (tertiary/aromatic N) is 6. The Labute approximate surface area is 134 Å². The van der Waals surface area contributed by atoms with Gasteiger partial charge in [0, 0.05) is 37.3 Å². The zero-order valence-electron chi connectivity index (χ0n) is 13.3. The number of piperidine rings is 1. The summed E-state index contributed by atoms with van der Waals surface area (Å²) >= 11 is 0. The molecule has 0 spiro atoms. The molecular weight excluding hydrogens is 296 g/mol. The summed E-state index contributed by atoms with van der Waals surface area (Å²) < 4.78 is 2.10. The van der Waals surface area contributed by atoms with Gasteiger partial charge < -0.3 is 9.47 Å². The summed E-state index contributed by atoms with van der Waals surface area (Å²) in [5.41, 5.74) is 0.0660. The van der Waals surface area contributed by atoms with E-state index in [1.165, 1.54) is 6.07 Å². The molecule has 3 rings (SSSR count). The molecule has 2 aromatic heterocycles. The summed E-state index contributed by atoms with van der Waals surface area (Å²) in [5.74, 6) is 1.80. The Morgan fingerprint density at radius 3 is 2.74 bits per heavy atom. The highest BCUT2D eigenvalue weighted by Gasteiger charge is 2.28. The van der Waals surface area contributed by atoms with Crippen molar-refractivity contribution in [3.05, 3.63) is 40.6 Å². The van der Waals surface area contributed by atoms with Crippen molar-refractivity contribution < 1.29 is 4.92 Å². The van der Waals surface area contributed by atoms with Crippen molar-refractivity contribution in [3.8, 4) is 0 Å². The van der Waals surface area contributed by atoms with E-state index < -0.39 is 0 Å². The Hall–Kier alpha value is -2.51. The van der Waals surface area contributed by atoms with Crippen LogP contribution in [0, 0.1) is 10.1 Å². The van der Waals surface area contributed by atoms with Gasteiger partial charge in [-0.3, -0.25) is 10.1 Å². The highest BCUT2D eigenvalue weighted by atomic mass is 16.6. The zero-order chi connectivity index (χ0) is 16.4. The minimum absolute atomic E-state index is 0.0660. The van der Waals surface area contributed by atoms with E-state index in [9.17, 15) is 10.1 Å². The molecule has 1 aliphatic rings. The second kappa shape index (κ2) is 6.31. The fourth-order valence-corrected chi connectivity index (χ4v) is 3.07. The van der Waals surface area contributed by atoms with Crippen molar-refractivity contribution in [3.63, 3.8) is 0 Å². The molecule has 8 heteroatoms. The highest BCUT2D eigenvalue weighted by molar-refractivity contribution is 5.57. The summed E-state index contributed by atoms with van der Waals surface area (Å²) in [4.78, 5) is 17.0. The first-order valence-corrected chi connectivity index (χ1v) is 7.81. The maximum Gasteiger partial charge on any atom is 0.311 e. The molecule has 0 bridgehead atoms. The van der Waals surface area contributed by atoms with Gasteiger partial charge in [0.25, 0.3) is 0 Å². The molecular formula is C15H20N6O2. The van der Waals surface area contributed by atoms with E-state index in [2.05, 4.69) is 33.6 Å². The molecule has 23 heavy (non-hydrogen) atoms. The molecule has 0 atom stereocenters. The number of pyridine rings is 1. The van der Waals surface area contributed by atoms with Crippen LogP contribution in [0.5, 0.6) is 0 Å². The third kappa shape index (κ3) is 3.01. The lowest BCUT2D eigenvalue weighted by molar-refractivity contribution is -0.384. The molecule has 0 N–H and O–H groups in total. The van der Waals surface area contributed by atoms with E-state index >= 15 is 0 Å². The Morgan fingerprint density at radius 1 is 1.35 bits per heavy atom. The third-order valence-electron chi connectivity index (χ3n) is 4.28. The normalized spacial score (nSPS) is 16.0. The number of aromatic nitrogens is 4. The summed E-state index contributed by atoms with van der Waals surface area (Å²) in [7, 11) is 0. The van der Waals surface area contributed by atoms with Crippen LogP contribution < -0.4 is 4.90 Å². The second-order valence-electron chi connectivity index (χ2n) is 6.05. The van der Waals surface area contributed by atoms with E-state index in [0.717, 1.165) is 31.8 Å². The Morgan fingerprint density at radius 2 is 2.09 bits per heavy atom. The van der Waals surface area contributed by atoms with Crippen LogP contribution in [0.25, 0.3) is 0 Å². The van der Waals surface area contributed by atoms with Crippen molar-refractivity contribution in [2.45, 2.75) is 38.6 Å². The van der Waals surface area contributed by atoms with Gasteiger partial charge in [-0.15, -0.1) is 10.2 Å². The van der Waals surface area contributed by atoms with Crippen molar-refractivity contribution in [1.82, 2.24) is 19.7 Å². The molecule has 0 radical (unpaired) electrons. The van der Waals surface area contributed by atoms with Crippen LogP contribution in [0.3, 0.4) is 0 Å². The molecule has 122 valence electrons. The van der Waals surface area contributed by atoms with Crippen LogP contribution in [0.1, 0.15) is 44.5 Å². The fraction of sp³-hybridized carbons (Fsp3) is 0.533. The number of nitro groups is 1. The van der Waals surface area contributed by atoms with Crippen LogP contribution in [0.15, 0.2) is 24.7 Å². The second-order valence-corrected chi connectivity index (χ2v) is 6.05. The Balaban J connectivity index is 1.74. The van der Waals surface area contributed by atoms with Crippen molar-refractivity contribution >= 4 is 11.5 Å². The van der Waals surface area contributed by atoms with E-state index in [0.29, 0.717) is 17.8 Å². The predicted octanol–water partition coefficient (Wildman–Crippen LogP) is 2.55. The largest absolute Gasteiger partial charge is 0.351 e. The highest BCUT2D eigenvalue weighted by Crippen LogP contribution is 2.32. The van der Waals surface area contributed by atoms with Crippen molar-refractivity contribution in [2.24, 2.45) is 0 Å². The molecule has 0 aliphatic carbocycles. The molecule has 1 aliphatic heterocycles. The molecule has 3 heterocycles. The van der Waals surface area contributed by atoms with E-state index in [-0.39, 0.29) is 10.6 Å². The summed E-state index contributed by atoms with van der Waals surface area (Å²) in [6.45, 7) is 5.68. The molecule has 1 saturated heterocycles. The van der Waals surface area contributed by atoms with Gasteiger partial charge in [0.15, 0.2) is 0 Å². The van der Waals surface area contributed by atoms with Crippen LogP contribution in [0.4, 0.5) is 11.5 Å². The molecule has 0 aromatic carbocycles. The van der Waals surface area contributed by atoms with Crippen LogP contribution in [0.2, 0.25) is 0 Å². The lowest BCUT2D eigenvalue weighted by atomic mass is 9.95. The average Bonchev–Trinajstić information content (AvgIpc) is 3.05. The molecule has 8 nitrogen and oxygen atoms in total. The summed E-state index contributed by atoms with van der Waals surface area (Å²) in [6, 6.07) is 3.43. The van der Waals surface area contributed by atoms with Crippen LogP contribution in [-0.4, -0.2) is 37.8 Å². The van der Waals surface area contributed by atoms with Gasteiger partial charge in [-0.2, -0.15) is 0 Å². The smallest absolute Gasteiger partial charge is 0.311 e. The lowest BCUT2D eigenvalue weighted by Gasteiger charge is -2.32. The van der Waals surface area contributed by atoms with Crippen molar-refractivity contribution in [2.75, 3.05) is 18.0 Å². The third-order valence-corrected chi connectivity index (χ3v) is 4.28. The standard InChI is InChI=1S/C15H20N6O2/c1-11(2)20-10-17-18-14(20)12-5-8-19(9-6-12)15-13(21(22)23)4-3-7-16-15/h3-4,7,10-12H,5-6,8-9H2,1-2H3. The summed E-state index contributed by atoms with van der Waals surface area (Å²) in [5, 5.41) is 19.5. The van der Waals surface area contributed by atoms with Gasteiger partial charge in [-0.1, -0.05) is 0 Å². The maximum atomic E-state index is 11.2. The molecule has 1 fully saturated rings. The Kier molecular flexibility index (Phi) is 4.22. The number of hydrogen-bond donors (Lipinski definition) is 0. The fourth-order valence-electron chi connectivity index (χ4n) is 3.07. The molecule has 2 aromatic rings. The first-order chi connectivity index (χ1) is 11.1.